The minimum Gasteiger partial charge on any atom is -0.511 e. The van der Waals surface area contributed by atoms with Crippen LogP contribution in [0.3, 0.4) is 0 Å². The van der Waals surface area contributed by atoms with E-state index in [0.717, 1.165) is 11.0 Å². The van der Waals surface area contributed by atoms with E-state index in [0.29, 0.717) is 0 Å². The Morgan fingerprint density at radius 2 is 1.67 bits per heavy atom. The Kier molecular flexibility index (Phi) is 6.33. The van der Waals surface area contributed by atoms with Crippen molar-refractivity contribution in [2.45, 2.75) is 25.3 Å². The fourth-order valence-corrected chi connectivity index (χ4v) is 2.76. The summed E-state index contributed by atoms with van der Waals surface area (Å²) in [5.74, 6) is -4.36. The Hall–Kier alpha value is -3.25. The second kappa shape index (κ2) is 8.24. The highest BCUT2D eigenvalue weighted by molar-refractivity contribution is 6.19. The van der Waals surface area contributed by atoms with E-state index in [4.69, 9.17) is 5.11 Å². The van der Waals surface area contributed by atoms with E-state index in [2.05, 4.69) is 0 Å². The SMILES string of the molecule is O=C(O)CNC(=O)C1=C(O)CCN(Cc2ccc(C(F)(F)F)c(C(F)(F)F)c2)C1=O. The van der Waals surface area contributed by atoms with Gasteiger partial charge < -0.3 is 20.4 Å². The quantitative estimate of drug-likeness (QED) is 0.482. The molecule has 3 N–H and O–H groups in total. The first kappa shape index (κ1) is 23.0. The number of hydrogen-bond acceptors (Lipinski definition) is 4. The van der Waals surface area contributed by atoms with Gasteiger partial charge in [0.05, 0.1) is 11.1 Å². The number of nitrogens with one attached hydrogen (secondary N) is 1. The van der Waals surface area contributed by atoms with E-state index >= 15 is 0 Å². The van der Waals surface area contributed by atoms with Gasteiger partial charge in [-0.1, -0.05) is 6.07 Å². The Balaban J connectivity index is 2.29. The molecule has 30 heavy (non-hydrogen) atoms. The van der Waals surface area contributed by atoms with Gasteiger partial charge in [0.2, 0.25) is 0 Å². The third kappa shape index (κ3) is 5.21. The number of hydrogen-bond donors (Lipinski definition) is 3. The number of rotatable bonds is 5. The Bertz CT molecular complexity index is 907. The van der Waals surface area contributed by atoms with Crippen molar-refractivity contribution in [3.05, 3.63) is 46.2 Å². The zero-order chi connectivity index (χ0) is 22.9. The number of amides is 2. The first-order valence-electron chi connectivity index (χ1n) is 8.20. The number of carboxylic acids is 1. The fraction of sp³-hybridized carbons (Fsp3) is 0.353. The molecule has 2 rings (SSSR count). The van der Waals surface area contributed by atoms with Crippen molar-refractivity contribution in [1.29, 1.82) is 0 Å². The first-order chi connectivity index (χ1) is 13.7. The predicted molar refractivity (Wildman–Crippen MR) is 86.8 cm³/mol. The number of aliphatic carboxylic acids is 1. The van der Waals surface area contributed by atoms with Gasteiger partial charge >= 0.3 is 18.3 Å². The van der Waals surface area contributed by atoms with Crippen molar-refractivity contribution in [2.75, 3.05) is 13.1 Å². The van der Waals surface area contributed by atoms with Crippen LogP contribution >= 0.6 is 0 Å². The Labute approximate surface area is 164 Å². The smallest absolute Gasteiger partial charge is 0.417 e. The third-order valence-corrected chi connectivity index (χ3v) is 4.10. The van der Waals surface area contributed by atoms with Crippen molar-refractivity contribution in [2.24, 2.45) is 0 Å². The highest BCUT2D eigenvalue weighted by Gasteiger charge is 2.43. The molecule has 0 aliphatic carbocycles. The number of carbonyl (C=O) groups is 3. The highest BCUT2D eigenvalue weighted by Crippen LogP contribution is 2.40. The Morgan fingerprint density at radius 3 is 2.20 bits per heavy atom. The molecular weight excluding hydrogens is 426 g/mol. The monoisotopic (exact) mass is 440 g/mol. The van der Waals surface area contributed by atoms with Crippen LogP contribution in [-0.4, -0.2) is 46.0 Å². The molecule has 0 atom stereocenters. The number of alkyl halides is 6. The topological polar surface area (TPSA) is 107 Å². The molecule has 1 heterocycles. The molecule has 1 aromatic rings. The average molecular weight is 440 g/mol. The van der Waals surface area contributed by atoms with Gasteiger partial charge in [-0.05, 0) is 17.7 Å². The molecule has 1 aromatic carbocycles. The summed E-state index contributed by atoms with van der Waals surface area (Å²) >= 11 is 0. The van der Waals surface area contributed by atoms with Crippen molar-refractivity contribution in [1.82, 2.24) is 10.2 Å². The fourth-order valence-electron chi connectivity index (χ4n) is 2.76. The summed E-state index contributed by atoms with van der Waals surface area (Å²) in [6.45, 7) is -1.64. The van der Waals surface area contributed by atoms with Gasteiger partial charge in [0.25, 0.3) is 11.8 Å². The predicted octanol–water partition coefficient (Wildman–Crippen LogP) is 2.47. The van der Waals surface area contributed by atoms with Gasteiger partial charge in [-0.25, -0.2) is 0 Å². The number of benzene rings is 1. The zero-order valence-electron chi connectivity index (χ0n) is 14.9. The number of nitrogens with zero attached hydrogens (tertiary/aromatic N) is 1. The number of carboxylic acid groups (broad SMARTS) is 1. The van der Waals surface area contributed by atoms with Crippen molar-refractivity contribution < 1.29 is 50.9 Å². The minimum absolute atomic E-state index is 0.219. The van der Waals surface area contributed by atoms with Crippen LogP contribution < -0.4 is 5.32 Å². The molecule has 0 saturated carbocycles. The van der Waals surface area contributed by atoms with E-state index in [-0.39, 0.29) is 30.7 Å². The molecular formula is C17H14F6N2O5. The minimum atomic E-state index is -5.30. The van der Waals surface area contributed by atoms with Crippen LogP contribution in [-0.2, 0) is 33.3 Å². The van der Waals surface area contributed by atoms with Gasteiger partial charge in [0, 0.05) is 19.5 Å². The molecule has 1 aliphatic heterocycles. The van der Waals surface area contributed by atoms with Crippen LogP contribution in [0.15, 0.2) is 29.5 Å². The molecule has 0 aromatic heterocycles. The first-order valence-corrected chi connectivity index (χ1v) is 8.20. The average Bonchev–Trinajstić information content (AvgIpc) is 2.60. The van der Waals surface area contributed by atoms with Gasteiger partial charge in [-0.2, -0.15) is 26.3 Å². The molecule has 0 spiro atoms. The normalized spacial score (nSPS) is 15.4. The third-order valence-electron chi connectivity index (χ3n) is 4.10. The second-order valence-corrected chi connectivity index (χ2v) is 6.25. The maximum atomic E-state index is 13.1. The van der Waals surface area contributed by atoms with Gasteiger partial charge in [-0.3, -0.25) is 14.4 Å². The molecule has 0 bridgehead atoms. The van der Waals surface area contributed by atoms with E-state index in [1.807, 2.05) is 5.32 Å². The summed E-state index contributed by atoms with van der Waals surface area (Å²) in [5, 5.41) is 20.2. The maximum Gasteiger partial charge on any atom is 0.417 e. The summed E-state index contributed by atoms with van der Waals surface area (Å²) in [6, 6.07) is 1.28. The van der Waals surface area contributed by atoms with Gasteiger partial charge in [0.1, 0.15) is 17.9 Å². The molecule has 0 fully saturated rings. The van der Waals surface area contributed by atoms with Gasteiger partial charge in [-0.15, -0.1) is 0 Å². The highest BCUT2D eigenvalue weighted by atomic mass is 19.4. The zero-order valence-corrected chi connectivity index (χ0v) is 14.9. The lowest BCUT2D eigenvalue weighted by Gasteiger charge is -2.28. The van der Waals surface area contributed by atoms with Crippen molar-refractivity contribution in [3.63, 3.8) is 0 Å². The van der Waals surface area contributed by atoms with Crippen LogP contribution in [0.1, 0.15) is 23.1 Å². The molecule has 164 valence electrons. The van der Waals surface area contributed by atoms with Crippen molar-refractivity contribution >= 4 is 17.8 Å². The summed E-state index contributed by atoms with van der Waals surface area (Å²) in [5.41, 5.74) is -4.87. The van der Waals surface area contributed by atoms with Crippen LogP contribution in [0.5, 0.6) is 0 Å². The Morgan fingerprint density at radius 1 is 1.07 bits per heavy atom. The molecule has 0 radical (unpaired) electrons. The summed E-state index contributed by atoms with van der Waals surface area (Å²) in [6.07, 6.45) is -10.8. The van der Waals surface area contributed by atoms with Crippen LogP contribution in [0.2, 0.25) is 0 Å². The lowest BCUT2D eigenvalue weighted by atomic mass is 10.0. The standard InChI is InChI=1S/C17H14F6N2O5/c18-16(19,20)9-2-1-8(5-10(9)17(21,22)23)7-25-4-3-11(26)13(15(25)30)14(29)24-6-12(27)28/h1-2,5,26H,3-4,6-7H2,(H,24,29)(H,27,28). The van der Waals surface area contributed by atoms with Gasteiger partial charge in [0.15, 0.2) is 0 Å². The maximum absolute atomic E-state index is 13.1. The van der Waals surface area contributed by atoms with Crippen molar-refractivity contribution in [3.8, 4) is 0 Å². The number of aliphatic hydroxyl groups excluding tert-OH is 1. The molecule has 1 aliphatic rings. The molecule has 0 saturated heterocycles. The van der Waals surface area contributed by atoms with E-state index in [1.165, 1.54) is 0 Å². The number of aliphatic hydroxyl groups is 1. The van der Waals surface area contributed by atoms with E-state index in [9.17, 15) is 45.8 Å². The van der Waals surface area contributed by atoms with Crippen LogP contribution in [0.25, 0.3) is 0 Å². The summed E-state index contributed by atoms with van der Waals surface area (Å²) in [7, 11) is 0. The van der Waals surface area contributed by atoms with Crippen LogP contribution in [0.4, 0.5) is 26.3 Å². The molecule has 2 amide bonds. The lowest BCUT2D eigenvalue weighted by molar-refractivity contribution is -0.162. The largest absolute Gasteiger partial charge is 0.511 e. The number of carbonyl (C=O) groups excluding carboxylic acids is 2. The van der Waals surface area contributed by atoms with Crippen LogP contribution in [0, 0.1) is 0 Å². The van der Waals surface area contributed by atoms with E-state index in [1.54, 1.807) is 0 Å². The summed E-state index contributed by atoms with van der Waals surface area (Å²) < 4.78 is 77.8. The molecule has 7 nitrogen and oxygen atoms in total. The summed E-state index contributed by atoms with van der Waals surface area (Å²) in [4.78, 5) is 35.7. The molecule has 0 unspecified atom stereocenters. The van der Waals surface area contributed by atoms with E-state index < -0.39 is 65.7 Å². The number of halogens is 6. The second-order valence-electron chi connectivity index (χ2n) is 6.25. The lowest BCUT2D eigenvalue weighted by Crippen LogP contribution is -2.43. The molecule has 13 heteroatoms.